The van der Waals surface area contributed by atoms with E-state index in [0.717, 1.165) is 0 Å². The first-order valence-corrected chi connectivity index (χ1v) is 5.34. The second kappa shape index (κ2) is 4.21. The molecule has 0 amide bonds. The lowest BCUT2D eigenvalue weighted by molar-refractivity contribution is -0.147. The van der Waals surface area contributed by atoms with Crippen LogP contribution in [-0.2, 0) is 11.3 Å². The smallest absolute Gasteiger partial charge is 0.309 e. The monoisotopic (exact) mass is 225 g/mol. The van der Waals surface area contributed by atoms with Gasteiger partial charge in [-0.05, 0) is 0 Å². The second-order valence-electron chi connectivity index (χ2n) is 4.43. The van der Waals surface area contributed by atoms with E-state index in [-0.39, 0.29) is 11.8 Å². The highest BCUT2D eigenvalue weighted by atomic mass is 16.5. The molecule has 16 heavy (non-hydrogen) atoms. The van der Waals surface area contributed by atoms with Gasteiger partial charge >= 0.3 is 5.97 Å². The fraction of sp³-hybridized carbons (Fsp3) is 0.700. The molecule has 0 atom stereocenters. The van der Waals surface area contributed by atoms with Gasteiger partial charge in [0.2, 0.25) is 5.89 Å². The molecular formula is C10H15N3O3. The molecule has 6 heteroatoms. The molecule has 0 unspecified atom stereocenters. The number of carbonyl (C=O) groups is 1. The molecule has 1 aliphatic heterocycles. The largest absolute Gasteiger partial charge is 0.481 e. The average molecular weight is 225 g/mol. The predicted molar refractivity (Wildman–Crippen MR) is 54.8 cm³/mol. The van der Waals surface area contributed by atoms with Gasteiger partial charge in [-0.15, -0.1) is 0 Å². The Morgan fingerprint density at radius 3 is 2.81 bits per heavy atom. The first-order valence-electron chi connectivity index (χ1n) is 5.34. The molecule has 1 fully saturated rings. The number of hydrogen-bond acceptors (Lipinski definition) is 5. The maximum atomic E-state index is 10.6. The normalized spacial score (nSPS) is 17.7. The lowest BCUT2D eigenvalue weighted by Crippen LogP contribution is -2.49. The molecule has 0 radical (unpaired) electrons. The van der Waals surface area contributed by atoms with E-state index in [1.54, 1.807) is 0 Å². The third-order valence-corrected chi connectivity index (χ3v) is 2.65. The summed E-state index contributed by atoms with van der Waals surface area (Å²) in [6, 6.07) is 0. The second-order valence-corrected chi connectivity index (χ2v) is 4.43. The Bertz CT molecular complexity index is 382. The van der Waals surface area contributed by atoms with Gasteiger partial charge in [-0.1, -0.05) is 19.0 Å². The van der Waals surface area contributed by atoms with Gasteiger partial charge in [0.15, 0.2) is 5.82 Å². The fourth-order valence-corrected chi connectivity index (χ4v) is 1.62. The van der Waals surface area contributed by atoms with Crippen LogP contribution in [0.4, 0.5) is 0 Å². The highest BCUT2D eigenvalue weighted by Crippen LogP contribution is 2.18. The van der Waals surface area contributed by atoms with Gasteiger partial charge in [0.1, 0.15) is 0 Å². The Kier molecular flexibility index (Phi) is 2.91. The number of aromatic nitrogens is 2. The zero-order chi connectivity index (χ0) is 11.7. The predicted octanol–water partition coefficient (Wildman–Crippen LogP) is 0.709. The first kappa shape index (κ1) is 11.1. The number of carboxylic acid groups (broad SMARTS) is 1. The summed E-state index contributed by atoms with van der Waals surface area (Å²) in [6.45, 7) is 5.69. The van der Waals surface area contributed by atoms with E-state index in [2.05, 4.69) is 10.1 Å². The van der Waals surface area contributed by atoms with Crippen LogP contribution in [0, 0.1) is 5.92 Å². The average Bonchev–Trinajstić information content (AvgIpc) is 2.58. The number of nitrogens with zero attached hydrogens (tertiary/aromatic N) is 3. The molecule has 88 valence electrons. The van der Waals surface area contributed by atoms with Crippen molar-refractivity contribution in [1.82, 2.24) is 15.0 Å². The van der Waals surface area contributed by atoms with Crippen LogP contribution in [0.2, 0.25) is 0 Å². The van der Waals surface area contributed by atoms with Crippen molar-refractivity contribution in [3.05, 3.63) is 11.7 Å². The maximum Gasteiger partial charge on any atom is 0.309 e. The van der Waals surface area contributed by atoms with Crippen LogP contribution in [0.15, 0.2) is 4.52 Å². The summed E-state index contributed by atoms with van der Waals surface area (Å²) in [6.07, 6.45) is 0. The number of likely N-dealkylation sites (tertiary alicyclic amines) is 1. The van der Waals surface area contributed by atoms with Crippen molar-refractivity contribution in [3.63, 3.8) is 0 Å². The van der Waals surface area contributed by atoms with Crippen molar-refractivity contribution in [2.24, 2.45) is 5.92 Å². The Balaban J connectivity index is 1.84. The number of aliphatic carboxylic acids is 1. The van der Waals surface area contributed by atoms with E-state index >= 15 is 0 Å². The van der Waals surface area contributed by atoms with Gasteiger partial charge in [-0.3, -0.25) is 9.69 Å². The molecule has 0 spiro atoms. The molecule has 1 aromatic heterocycles. The zero-order valence-corrected chi connectivity index (χ0v) is 9.38. The van der Waals surface area contributed by atoms with Crippen molar-refractivity contribution in [1.29, 1.82) is 0 Å². The number of rotatable bonds is 4. The van der Waals surface area contributed by atoms with Crippen LogP contribution in [0.25, 0.3) is 0 Å². The van der Waals surface area contributed by atoms with Crippen LogP contribution in [0.1, 0.15) is 31.5 Å². The standard InChI is InChI=1S/C10H15N3O3/c1-6(2)9-11-8(12-16-9)5-13-3-7(4-13)10(14)15/h6-7H,3-5H2,1-2H3,(H,14,15). The van der Waals surface area contributed by atoms with Crippen molar-refractivity contribution in [3.8, 4) is 0 Å². The Morgan fingerprint density at radius 1 is 1.62 bits per heavy atom. The van der Waals surface area contributed by atoms with Crippen LogP contribution in [0.5, 0.6) is 0 Å². The van der Waals surface area contributed by atoms with Crippen LogP contribution >= 0.6 is 0 Å². The molecule has 0 saturated carbocycles. The third-order valence-electron chi connectivity index (χ3n) is 2.65. The highest BCUT2D eigenvalue weighted by Gasteiger charge is 2.33. The van der Waals surface area contributed by atoms with Gasteiger partial charge < -0.3 is 9.63 Å². The Labute approximate surface area is 93.2 Å². The number of hydrogen-bond donors (Lipinski definition) is 1. The van der Waals surface area contributed by atoms with E-state index in [1.165, 1.54) is 0 Å². The molecule has 1 aromatic rings. The summed E-state index contributed by atoms with van der Waals surface area (Å²) in [5.41, 5.74) is 0. The van der Waals surface area contributed by atoms with E-state index in [0.29, 0.717) is 31.3 Å². The fourth-order valence-electron chi connectivity index (χ4n) is 1.62. The first-order chi connectivity index (χ1) is 7.56. The Hall–Kier alpha value is -1.43. The van der Waals surface area contributed by atoms with Crippen molar-refractivity contribution in [2.75, 3.05) is 13.1 Å². The van der Waals surface area contributed by atoms with E-state index in [9.17, 15) is 4.79 Å². The molecule has 2 rings (SSSR count). The van der Waals surface area contributed by atoms with Crippen LogP contribution in [-0.4, -0.2) is 39.2 Å². The maximum absolute atomic E-state index is 10.6. The molecular weight excluding hydrogens is 210 g/mol. The van der Waals surface area contributed by atoms with Crippen molar-refractivity contribution in [2.45, 2.75) is 26.3 Å². The molecule has 2 heterocycles. The van der Waals surface area contributed by atoms with E-state index in [1.807, 2.05) is 18.7 Å². The molecule has 1 saturated heterocycles. The third kappa shape index (κ3) is 2.21. The summed E-state index contributed by atoms with van der Waals surface area (Å²) in [4.78, 5) is 16.8. The lowest BCUT2D eigenvalue weighted by Gasteiger charge is -2.35. The molecule has 0 aliphatic carbocycles. The van der Waals surface area contributed by atoms with Gasteiger partial charge in [0.25, 0.3) is 0 Å². The van der Waals surface area contributed by atoms with Crippen LogP contribution in [0.3, 0.4) is 0 Å². The minimum atomic E-state index is -0.729. The Morgan fingerprint density at radius 2 is 2.31 bits per heavy atom. The van der Waals surface area contributed by atoms with Crippen molar-refractivity contribution >= 4 is 5.97 Å². The summed E-state index contributed by atoms with van der Waals surface area (Å²) in [5, 5.41) is 12.6. The minimum absolute atomic E-state index is 0.226. The molecule has 0 bridgehead atoms. The summed E-state index contributed by atoms with van der Waals surface area (Å²) < 4.78 is 5.07. The number of carboxylic acids is 1. The van der Waals surface area contributed by atoms with E-state index < -0.39 is 5.97 Å². The van der Waals surface area contributed by atoms with Crippen molar-refractivity contribution < 1.29 is 14.4 Å². The SMILES string of the molecule is CC(C)c1nc(CN2CC(C(=O)O)C2)no1. The van der Waals surface area contributed by atoms with E-state index in [4.69, 9.17) is 9.63 Å². The summed E-state index contributed by atoms with van der Waals surface area (Å²) in [7, 11) is 0. The summed E-state index contributed by atoms with van der Waals surface area (Å²) >= 11 is 0. The summed E-state index contributed by atoms with van der Waals surface area (Å²) in [5.74, 6) is 0.519. The molecule has 1 N–H and O–H groups in total. The van der Waals surface area contributed by atoms with Gasteiger partial charge in [0, 0.05) is 19.0 Å². The lowest BCUT2D eigenvalue weighted by atomic mass is 10.0. The van der Waals surface area contributed by atoms with Gasteiger partial charge in [-0.2, -0.15) is 4.98 Å². The van der Waals surface area contributed by atoms with Crippen LogP contribution < -0.4 is 0 Å². The quantitative estimate of drug-likeness (QED) is 0.812. The highest BCUT2D eigenvalue weighted by molar-refractivity contribution is 5.71. The molecule has 0 aromatic carbocycles. The molecule has 1 aliphatic rings. The minimum Gasteiger partial charge on any atom is -0.481 e. The van der Waals surface area contributed by atoms with Gasteiger partial charge in [0.05, 0.1) is 12.5 Å². The topological polar surface area (TPSA) is 79.5 Å². The zero-order valence-electron chi connectivity index (χ0n) is 9.38. The molecule has 6 nitrogen and oxygen atoms in total. The van der Waals surface area contributed by atoms with Gasteiger partial charge in [-0.25, -0.2) is 0 Å².